The maximum Gasteiger partial charge on any atom is 0.246 e. The maximum atomic E-state index is 12.5. The van der Waals surface area contributed by atoms with E-state index in [1.54, 1.807) is 0 Å². The first kappa shape index (κ1) is 16.6. The molecule has 0 spiro atoms. The highest BCUT2D eigenvalue weighted by atomic mass is 16.2. The highest BCUT2D eigenvalue weighted by molar-refractivity contribution is 5.76. The summed E-state index contributed by atoms with van der Waals surface area (Å²) < 4.78 is 0. The van der Waals surface area contributed by atoms with Gasteiger partial charge in [0.25, 0.3) is 0 Å². The lowest BCUT2D eigenvalue weighted by Crippen LogP contribution is -2.44. The average Bonchev–Trinajstić information content (AvgIpc) is 3.02. The Labute approximate surface area is 142 Å². The molecule has 1 aromatic carbocycles. The molecule has 24 heavy (non-hydrogen) atoms. The molecule has 0 aliphatic carbocycles. The van der Waals surface area contributed by atoms with E-state index in [0.717, 1.165) is 25.1 Å². The second-order valence-electron chi connectivity index (χ2n) is 6.94. The van der Waals surface area contributed by atoms with Crippen molar-refractivity contribution < 1.29 is 4.79 Å². The minimum absolute atomic E-state index is 0.0682. The van der Waals surface area contributed by atoms with Crippen LogP contribution in [0.15, 0.2) is 24.3 Å². The van der Waals surface area contributed by atoms with Crippen molar-refractivity contribution in [2.24, 2.45) is 11.8 Å². The van der Waals surface area contributed by atoms with Gasteiger partial charge < -0.3 is 4.90 Å². The summed E-state index contributed by atoms with van der Waals surface area (Å²) in [6.07, 6.45) is 2.19. The molecule has 0 bridgehead atoms. The molecule has 1 aliphatic heterocycles. The number of benzene rings is 1. The summed E-state index contributed by atoms with van der Waals surface area (Å²) in [4.78, 5) is 15.8. The Morgan fingerprint density at radius 1 is 1.17 bits per heavy atom. The summed E-state index contributed by atoms with van der Waals surface area (Å²) >= 11 is 0. The highest BCUT2D eigenvalue weighted by Gasteiger charge is 2.25. The summed E-state index contributed by atoms with van der Waals surface area (Å²) in [6.45, 7) is 8.31. The van der Waals surface area contributed by atoms with Crippen LogP contribution in [0.3, 0.4) is 0 Å². The molecule has 0 unspecified atom stereocenters. The zero-order chi connectivity index (χ0) is 17.1. The second-order valence-corrected chi connectivity index (χ2v) is 6.94. The van der Waals surface area contributed by atoms with Crippen molar-refractivity contribution in [3.05, 3.63) is 29.8 Å². The first-order valence-electron chi connectivity index (χ1n) is 8.70. The number of aromatic nitrogens is 4. The molecule has 1 saturated heterocycles. The molecule has 1 amide bonds. The summed E-state index contributed by atoms with van der Waals surface area (Å²) in [5.41, 5.74) is 2.20. The van der Waals surface area contributed by atoms with Crippen molar-refractivity contribution in [2.45, 2.75) is 40.2 Å². The molecule has 1 aliphatic rings. The molecule has 6 nitrogen and oxygen atoms in total. The molecule has 0 saturated carbocycles. The number of hydrogen-bond donors (Lipinski definition) is 0. The number of piperidine rings is 1. The van der Waals surface area contributed by atoms with Gasteiger partial charge >= 0.3 is 0 Å². The van der Waals surface area contributed by atoms with Crippen molar-refractivity contribution >= 4 is 5.91 Å². The standard InChI is InChI=1S/C18H25N5O/c1-4-15-5-7-16(8-6-15)18-19-21-23(20-18)12-17(24)22-10-13(2)9-14(3)11-22/h5-8,13-14H,4,9-12H2,1-3H3/t13-,14+. The third-order valence-corrected chi connectivity index (χ3v) is 4.57. The molecule has 1 fully saturated rings. The number of rotatable bonds is 4. The molecular formula is C18H25N5O. The van der Waals surface area contributed by atoms with Crippen LogP contribution >= 0.6 is 0 Å². The van der Waals surface area contributed by atoms with Gasteiger partial charge in [-0.3, -0.25) is 4.79 Å². The third-order valence-electron chi connectivity index (χ3n) is 4.57. The molecule has 0 N–H and O–H groups in total. The van der Waals surface area contributed by atoms with Gasteiger partial charge in [-0.25, -0.2) is 0 Å². The zero-order valence-corrected chi connectivity index (χ0v) is 14.6. The van der Waals surface area contributed by atoms with Crippen molar-refractivity contribution in [1.29, 1.82) is 0 Å². The predicted molar refractivity (Wildman–Crippen MR) is 92.2 cm³/mol. The Balaban J connectivity index is 1.66. The van der Waals surface area contributed by atoms with Crippen molar-refractivity contribution in [2.75, 3.05) is 13.1 Å². The highest BCUT2D eigenvalue weighted by Crippen LogP contribution is 2.21. The molecule has 128 valence electrons. The van der Waals surface area contributed by atoms with Crippen LogP contribution in [0.1, 0.15) is 32.8 Å². The van der Waals surface area contributed by atoms with E-state index in [1.165, 1.54) is 16.8 Å². The van der Waals surface area contributed by atoms with Crippen LogP contribution in [0.4, 0.5) is 0 Å². The van der Waals surface area contributed by atoms with E-state index in [2.05, 4.69) is 48.3 Å². The van der Waals surface area contributed by atoms with Gasteiger partial charge in [0.05, 0.1) is 0 Å². The summed E-state index contributed by atoms with van der Waals surface area (Å²) in [5.74, 6) is 1.73. The summed E-state index contributed by atoms with van der Waals surface area (Å²) in [6, 6.07) is 8.13. The third kappa shape index (κ3) is 3.80. The van der Waals surface area contributed by atoms with Crippen molar-refractivity contribution in [3.8, 4) is 11.4 Å². The molecule has 2 atom stereocenters. The van der Waals surface area contributed by atoms with Crippen LogP contribution in [0.5, 0.6) is 0 Å². The van der Waals surface area contributed by atoms with Gasteiger partial charge in [-0.05, 0) is 35.5 Å². The molecule has 3 rings (SSSR count). The lowest BCUT2D eigenvalue weighted by atomic mass is 9.92. The Morgan fingerprint density at radius 2 is 1.83 bits per heavy atom. The van der Waals surface area contributed by atoms with Crippen molar-refractivity contribution in [1.82, 2.24) is 25.1 Å². The fraction of sp³-hybridized carbons (Fsp3) is 0.556. The smallest absolute Gasteiger partial charge is 0.246 e. The summed E-state index contributed by atoms with van der Waals surface area (Å²) in [5, 5.41) is 12.5. The van der Waals surface area contributed by atoms with E-state index in [1.807, 2.05) is 17.0 Å². The largest absolute Gasteiger partial charge is 0.340 e. The number of carbonyl (C=O) groups is 1. The second kappa shape index (κ2) is 7.11. The first-order chi connectivity index (χ1) is 11.5. The SMILES string of the molecule is CCc1ccc(-c2nnn(CC(=O)N3C[C@H](C)C[C@H](C)C3)n2)cc1. The Morgan fingerprint density at radius 3 is 2.46 bits per heavy atom. The lowest BCUT2D eigenvalue weighted by Gasteiger charge is -2.34. The molecular weight excluding hydrogens is 302 g/mol. The van der Waals surface area contributed by atoms with Gasteiger partial charge in [0.2, 0.25) is 11.7 Å². The molecule has 1 aromatic heterocycles. The number of likely N-dealkylation sites (tertiary alicyclic amines) is 1. The van der Waals surface area contributed by atoms with Crippen LogP contribution in [0.2, 0.25) is 0 Å². The molecule has 6 heteroatoms. The van der Waals surface area contributed by atoms with Crippen LogP contribution in [0, 0.1) is 11.8 Å². The van der Waals surface area contributed by atoms with E-state index in [-0.39, 0.29) is 12.5 Å². The number of hydrogen-bond acceptors (Lipinski definition) is 4. The maximum absolute atomic E-state index is 12.5. The van der Waals surface area contributed by atoms with Gasteiger partial charge in [-0.2, -0.15) is 4.80 Å². The van der Waals surface area contributed by atoms with Crippen LogP contribution in [-0.4, -0.2) is 44.1 Å². The Hall–Kier alpha value is -2.24. The topological polar surface area (TPSA) is 63.9 Å². The quantitative estimate of drug-likeness (QED) is 0.865. The van der Waals surface area contributed by atoms with Gasteiger partial charge in [-0.15, -0.1) is 10.2 Å². The minimum Gasteiger partial charge on any atom is -0.340 e. The minimum atomic E-state index is 0.0682. The number of tetrazole rings is 1. The number of nitrogens with zero attached hydrogens (tertiary/aromatic N) is 5. The number of amides is 1. The Kier molecular flexibility index (Phi) is 4.92. The molecule has 0 radical (unpaired) electrons. The van der Waals surface area contributed by atoms with E-state index in [4.69, 9.17) is 0 Å². The van der Waals surface area contributed by atoms with Crippen LogP contribution in [-0.2, 0) is 17.8 Å². The number of aryl methyl sites for hydroxylation is 1. The molecule has 2 aromatic rings. The van der Waals surface area contributed by atoms with Gasteiger partial charge in [0, 0.05) is 18.7 Å². The van der Waals surface area contributed by atoms with Gasteiger partial charge in [-0.1, -0.05) is 45.0 Å². The van der Waals surface area contributed by atoms with E-state index < -0.39 is 0 Å². The predicted octanol–water partition coefficient (Wildman–Crippen LogP) is 2.41. The van der Waals surface area contributed by atoms with Gasteiger partial charge in [0.15, 0.2) is 0 Å². The van der Waals surface area contributed by atoms with Crippen molar-refractivity contribution in [3.63, 3.8) is 0 Å². The van der Waals surface area contributed by atoms with E-state index in [9.17, 15) is 4.79 Å². The fourth-order valence-electron chi connectivity index (χ4n) is 3.40. The van der Waals surface area contributed by atoms with Gasteiger partial charge in [0.1, 0.15) is 6.54 Å². The Bertz CT molecular complexity index is 684. The fourth-order valence-corrected chi connectivity index (χ4v) is 3.40. The monoisotopic (exact) mass is 327 g/mol. The van der Waals surface area contributed by atoms with E-state index >= 15 is 0 Å². The van der Waals surface area contributed by atoms with Crippen LogP contribution < -0.4 is 0 Å². The first-order valence-corrected chi connectivity index (χ1v) is 8.70. The number of carbonyl (C=O) groups excluding carboxylic acids is 1. The molecule has 2 heterocycles. The van der Waals surface area contributed by atoms with Crippen LogP contribution in [0.25, 0.3) is 11.4 Å². The average molecular weight is 327 g/mol. The lowest BCUT2D eigenvalue weighted by molar-refractivity contribution is -0.135. The summed E-state index contributed by atoms with van der Waals surface area (Å²) in [7, 11) is 0. The normalized spacial score (nSPS) is 21.0. The zero-order valence-electron chi connectivity index (χ0n) is 14.6. The van der Waals surface area contributed by atoms with E-state index in [0.29, 0.717) is 17.7 Å².